The van der Waals surface area contributed by atoms with Crippen LogP contribution in [0.25, 0.3) is 0 Å². The zero-order chi connectivity index (χ0) is 12.4. The molecule has 0 amide bonds. The van der Waals surface area contributed by atoms with Crippen molar-refractivity contribution in [3.05, 3.63) is 0 Å². The molecule has 1 saturated carbocycles. The predicted molar refractivity (Wildman–Crippen MR) is 73.0 cm³/mol. The van der Waals surface area contributed by atoms with Gasteiger partial charge in [-0.15, -0.1) is 0 Å². The van der Waals surface area contributed by atoms with Crippen LogP contribution in [0.15, 0.2) is 0 Å². The van der Waals surface area contributed by atoms with E-state index in [1.165, 1.54) is 45.4 Å². The maximum absolute atomic E-state index is 6.42. The first-order chi connectivity index (χ1) is 8.08. The molecule has 4 unspecified atom stereocenters. The normalized spacial score (nSPS) is 42.4. The Hall–Kier alpha value is -0.120. The minimum atomic E-state index is 0.386. The lowest BCUT2D eigenvalue weighted by atomic mass is 9.76. The number of rotatable bonds is 1. The van der Waals surface area contributed by atoms with Crippen molar-refractivity contribution in [2.45, 2.75) is 45.2 Å². The molecule has 2 N–H and O–H groups in total. The maximum atomic E-state index is 6.42. The fourth-order valence-corrected chi connectivity index (χ4v) is 3.89. The largest absolute Gasteiger partial charge is 0.326 e. The van der Waals surface area contributed by atoms with Crippen LogP contribution in [0.4, 0.5) is 0 Å². The minimum Gasteiger partial charge on any atom is -0.326 e. The molecule has 2 rings (SSSR count). The van der Waals surface area contributed by atoms with E-state index in [-0.39, 0.29) is 0 Å². The average Bonchev–Trinajstić information content (AvgIpc) is 2.42. The topological polar surface area (TPSA) is 32.5 Å². The van der Waals surface area contributed by atoms with E-state index in [2.05, 4.69) is 30.7 Å². The Morgan fingerprint density at radius 3 is 2.47 bits per heavy atom. The van der Waals surface area contributed by atoms with Gasteiger partial charge in [0.2, 0.25) is 0 Å². The van der Waals surface area contributed by atoms with E-state index in [0.29, 0.717) is 12.1 Å². The number of likely N-dealkylation sites (N-methyl/N-ethyl adjacent to an activating group) is 1. The summed E-state index contributed by atoms with van der Waals surface area (Å²) in [5.41, 5.74) is 6.42. The first kappa shape index (κ1) is 13.3. The highest BCUT2D eigenvalue weighted by Crippen LogP contribution is 2.31. The molecule has 3 heteroatoms. The summed E-state index contributed by atoms with van der Waals surface area (Å²) >= 11 is 0. The van der Waals surface area contributed by atoms with Gasteiger partial charge in [-0.05, 0) is 51.2 Å². The summed E-state index contributed by atoms with van der Waals surface area (Å²) < 4.78 is 0. The van der Waals surface area contributed by atoms with Crippen LogP contribution >= 0.6 is 0 Å². The van der Waals surface area contributed by atoms with E-state index in [1.54, 1.807) is 0 Å². The molecular formula is C14H29N3. The smallest absolute Gasteiger partial charge is 0.0273 e. The fraction of sp³-hybridized carbons (Fsp3) is 1.00. The second-order valence-corrected chi connectivity index (χ2v) is 6.40. The van der Waals surface area contributed by atoms with Crippen LogP contribution in [0.1, 0.15) is 33.1 Å². The van der Waals surface area contributed by atoms with Crippen LogP contribution in [0.5, 0.6) is 0 Å². The lowest BCUT2D eigenvalue weighted by Gasteiger charge is -2.44. The van der Waals surface area contributed by atoms with Gasteiger partial charge in [0.25, 0.3) is 0 Å². The molecule has 2 fully saturated rings. The van der Waals surface area contributed by atoms with Gasteiger partial charge >= 0.3 is 0 Å². The molecule has 1 saturated heterocycles. The van der Waals surface area contributed by atoms with Gasteiger partial charge in [0, 0.05) is 25.2 Å². The highest BCUT2D eigenvalue weighted by molar-refractivity contribution is 4.93. The second-order valence-electron chi connectivity index (χ2n) is 6.40. The third-order valence-corrected chi connectivity index (χ3v) is 4.65. The molecule has 0 aromatic rings. The summed E-state index contributed by atoms with van der Waals surface area (Å²) in [5.74, 6) is 1.57. The molecule has 0 bridgehead atoms. The van der Waals surface area contributed by atoms with Gasteiger partial charge in [0.15, 0.2) is 0 Å². The molecule has 17 heavy (non-hydrogen) atoms. The highest BCUT2D eigenvalue weighted by atomic mass is 15.2. The van der Waals surface area contributed by atoms with E-state index in [1.807, 2.05) is 0 Å². The third-order valence-electron chi connectivity index (χ3n) is 4.65. The fourth-order valence-electron chi connectivity index (χ4n) is 3.89. The lowest BCUT2D eigenvalue weighted by molar-refractivity contribution is 0.0786. The van der Waals surface area contributed by atoms with Gasteiger partial charge in [0.05, 0.1) is 0 Å². The average molecular weight is 239 g/mol. The van der Waals surface area contributed by atoms with E-state index in [0.717, 1.165) is 11.8 Å². The van der Waals surface area contributed by atoms with Gasteiger partial charge in [-0.25, -0.2) is 0 Å². The Labute approximate surface area is 106 Å². The first-order valence-electron chi connectivity index (χ1n) is 7.26. The molecule has 0 spiro atoms. The summed E-state index contributed by atoms with van der Waals surface area (Å²) in [4.78, 5) is 5.12. The van der Waals surface area contributed by atoms with Gasteiger partial charge in [0.1, 0.15) is 0 Å². The molecule has 0 aromatic heterocycles. The molecule has 1 aliphatic carbocycles. The van der Waals surface area contributed by atoms with Crippen molar-refractivity contribution < 1.29 is 0 Å². The molecule has 0 radical (unpaired) electrons. The SMILES string of the molecule is CC1CC(C)C(N2CCCN(C)CC2)C(N)C1. The Kier molecular flexibility index (Phi) is 4.45. The van der Waals surface area contributed by atoms with Crippen LogP contribution < -0.4 is 5.73 Å². The molecule has 3 nitrogen and oxygen atoms in total. The molecule has 2 aliphatic rings. The first-order valence-corrected chi connectivity index (χ1v) is 7.26. The number of nitrogens with two attached hydrogens (primary N) is 1. The molecule has 4 atom stereocenters. The summed E-state index contributed by atoms with van der Waals surface area (Å²) in [6.45, 7) is 9.63. The van der Waals surface area contributed by atoms with Crippen molar-refractivity contribution in [2.24, 2.45) is 17.6 Å². The summed E-state index contributed by atoms with van der Waals surface area (Å²) in [7, 11) is 2.23. The monoisotopic (exact) mass is 239 g/mol. The lowest BCUT2D eigenvalue weighted by Crippen LogP contribution is -2.55. The number of nitrogens with zero attached hydrogens (tertiary/aromatic N) is 2. The Morgan fingerprint density at radius 1 is 1.00 bits per heavy atom. The third kappa shape index (κ3) is 3.21. The van der Waals surface area contributed by atoms with E-state index in [9.17, 15) is 0 Å². The summed E-state index contributed by atoms with van der Waals surface area (Å²) in [6.07, 6.45) is 3.86. The zero-order valence-corrected chi connectivity index (χ0v) is 11.7. The second kappa shape index (κ2) is 5.68. The van der Waals surface area contributed by atoms with Crippen LogP contribution in [-0.4, -0.2) is 55.1 Å². The van der Waals surface area contributed by atoms with Crippen molar-refractivity contribution in [3.8, 4) is 0 Å². The quantitative estimate of drug-likeness (QED) is 0.750. The van der Waals surface area contributed by atoms with Crippen molar-refractivity contribution in [1.29, 1.82) is 0 Å². The standard InChI is InChI=1S/C14H29N3/c1-11-9-12(2)14(13(15)10-11)17-6-4-5-16(3)7-8-17/h11-14H,4-10,15H2,1-3H3. The zero-order valence-electron chi connectivity index (χ0n) is 11.7. The van der Waals surface area contributed by atoms with Crippen LogP contribution in [0, 0.1) is 11.8 Å². The van der Waals surface area contributed by atoms with Gasteiger partial charge < -0.3 is 10.6 Å². The van der Waals surface area contributed by atoms with Gasteiger partial charge in [-0.3, -0.25) is 4.90 Å². The summed E-state index contributed by atoms with van der Waals surface area (Å²) in [6, 6.07) is 1.01. The van der Waals surface area contributed by atoms with Crippen molar-refractivity contribution in [2.75, 3.05) is 33.2 Å². The molecular weight excluding hydrogens is 210 g/mol. The maximum Gasteiger partial charge on any atom is 0.0273 e. The number of hydrogen-bond donors (Lipinski definition) is 1. The molecule has 100 valence electrons. The van der Waals surface area contributed by atoms with E-state index < -0.39 is 0 Å². The summed E-state index contributed by atoms with van der Waals surface area (Å²) in [5, 5.41) is 0. The Morgan fingerprint density at radius 2 is 1.76 bits per heavy atom. The van der Waals surface area contributed by atoms with Crippen LogP contribution in [0.2, 0.25) is 0 Å². The minimum absolute atomic E-state index is 0.386. The van der Waals surface area contributed by atoms with E-state index >= 15 is 0 Å². The van der Waals surface area contributed by atoms with Crippen LogP contribution in [0.3, 0.4) is 0 Å². The van der Waals surface area contributed by atoms with Crippen molar-refractivity contribution in [3.63, 3.8) is 0 Å². The van der Waals surface area contributed by atoms with Crippen molar-refractivity contribution >= 4 is 0 Å². The van der Waals surface area contributed by atoms with Gasteiger partial charge in [-0.1, -0.05) is 13.8 Å². The van der Waals surface area contributed by atoms with Crippen molar-refractivity contribution in [1.82, 2.24) is 9.80 Å². The van der Waals surface area contributed by atoms with Gasteiger partial charge in [-0.2, -0.15) is 0 Å². The van der Waals surface area contributed by atoms with E-state index in [4.69, 9.17) is 5.73 Å². The van der Waals surface area contributed by atoms with Crippen LogP contribution in [-0.2, 0) is 0 Å². The predicted octanol–water partition coefficient (Wildman–Crippen LogP) is 1.39. The Bertz CT molecular complexity index is 232. The Balaban J connectivity index is 1.99. The molecule has 1 heterocycles. The molecule has 1 aliphatic heterocycles. The molecule has 0 aromatic carbocycles. The highest BCUT2D eigenvalue weighted by Gasteiger charge is 2.35. The number of hydrogen-bond acceptors (Lipinski definition) is 3.